The number of rotatable bonds is 4. The number of morpholine rings is 1. The van der Waals surface area contributed by atoms with Gasteiger partial charge < -0.3 is 14.6 Å². The van der Waals surface area contributed by atoms with Crippen molar-refractivity contribution < 1.29 is 19.4 Å². The molecular weight excluding hydrogens is 390 g/mol. The third kappa shape index (κ3) is 3.98. The van der Waals surface area contributed by atoms with Gasteiger partial charge in [0.15, 0.2) is 5.76 Å². The molecule has 5 rings (SSSR count). The van der Waals surface area contributed by atoms with Crippen LogP contribution in [0.15, 0.2) is 72.5 Å². The van der Waals surface area contributed by atoms with Crippen LogP contribution in [0.5, 0.6) is 11.5 Å². The van der Waals surface area contributed by atoms with E-state index in [1.54, 1.807) is 18.2 Å². The monoisotopic (exact) mass is 413 g/mol. The second kappa shape index (κ2) is 8.38. The number of hydrogen-bond acceptors (Lipinski definition) is 5. The van der Waals surface area contributed by atoms with Crippen molar-refractivity contribution in [2.75, 3.05) is 26.3 Å². The standard InChI is InChI=1S/C26H23NO4/c28-23-11-10-21-25(29)24(31-26(21)22(23)17-27-12-14-30-15-13-27)16-18-6-8-20(9-7-18)19-4-2-1-3-5-19/h1-11,16,28H,12-15,17H2/b24-16-. The van der Waals surface area contributed by atoms with E-state index in [0.717, 1.165) is 29.8 Å². The molecule has 0 amide bonds. The van der Waals surface area contributed by atoms with Crippen molar-refractivity contribution in [2.45, 2.75) is 6.54 Å². The number of nitrogens with zero attached hydrogens (tertiary/aromatic N) is 1. The molecule has 2 aliphatic rings. The summed E-state index contributed by atoms with van der Waals surface area (Å²) in [6, 6.07) is 21.4. The fourth-order valence-corrected chi connectivity index (χ4v) is 3.99. The van der Waals surface area contributed by atoms with Crippen molar-refractivity contribution in [2.24, 2.45) is 0 Å². The average molecular weight is 413 g/mol. The second-order valence-corrected chi connectivity index (χ2v) is 7.76. The van der Waals surface area contributed by atoms with Gasteiger partial charge in [-0.2, -0.15) is 0 Å². The summed E-state index contributed by atoms with van der Waals surface area (Å²) in [6.45, 7) is 3.42. The smallest absolute Gasteiger partial charge is 0.231 e. The quantitative estimate of drug-likeness (QED) is 0.638. The molecule has 31 heavy (non-hydrogen) atoms. The fourth-order valence-electron chi connectivity index (χ4n) is 3.99. The van der Waals surface area contributed by atoms with Crippen LogP contribution in [0.1, 0.15) is 21.5 Å². The molecular formula is C26H23NO4. The molecule has 3 aromatic carbocycles. The highest BCUT2D eigenvalue weighted by Gasteiger charge is 2.31. The molecule has 2 aliphatic heterocycles. The first-order chi connectivity index (χ1) is 15.2. The zero-order valence-corrected chi connectivity index (χ0v) is 17.1. The minimum absolute atomic E-state index is 0.145. The van der Waals surface area contributed by atoms with E-state index in [1.807, 2.05) is 42.5 Å². The maximum Gasteiger partial charge on any atom is 0.231 e. The van der Waals surface area contributed by atoms with Gasteiger partial charge in [0, 0.05) is 19.6 Å². The lowest BCUT2D eigenvalue weighted by atomic mass is 10.0. The number of benzene rings is 3. The molecule has 2 heterocycles. The molecule has 3 aromatic rings. The summed E-state index contributed by atoms with van der Waals surface area (Å²) >= 11 is 0. The highest BCUT2D eigenvalue weighted by Crippen LogP contribution is 2.40. The highest BCUT2D eigenvalue weighted by molar-refractivity contribution is 6.15. The molecule has 5 heteroatoms. The number of carbonyl (C=O) groups is 1. The molecule has 0 bridgehead atoms. The Balaban J connectivity index is 1.40. The number of hydrogen-bond donors (Lipinski definition) is 1. The van der Waals surface area contributed by atoms with Crippen molar-refractivity contribution >= 4 is 11.9 Å². The van der Waals surface area contributed by atoms with E-state index in [4.69, 9.17) is 9.47 Å². The van der Waals surface area contributed by atoms with Gasteiger partial charge in [0.2, 0.25) is 5.78 Å². The van der Waals surface area contributed by atoms with E-state index in [9.17, 15) is 9.90 Å². The predicted octanol–water partition coefficient (Wildman–Crippen LogP) is 4.51. The van der Waals surface area contributed by atoms with E-state index in [2.05, 4.69) is 17.0 Å². The number of carbonyl (C=O) groups excluding carboxylic acids is 1. The zero-order valence-electron chi connectivity index (χ0n) is 17.1. The van der Waals surface area contributed by atoms with Crippen LogP contribution in [-0.2, 0) is 11.3 Å². The van der Waals surface area contributed by atoms with E-state index >= 15 is 0 Å². The van der Waals surface area contributed by atoms with Gasteiger partial charge in [-0.3, -0.25) is 9.69 Å². The van der Waals surface area contributed by atoms with Gasteiger partial charge in [0.1, 0.15) is 11.5 Å². The topological polar surface area (TPSA) is 59.0 Å². The predicted molar refractivity (Wildman–Crippen MR) is 119 cm³/mol. The lowest BCUT2D eigenvalue weighted by Crippen LogP contribution is -2.35. The van der Waals surface area contributed by atoms with E-state index in [-0.39, 0.29) is 17.3 Å². The van der Waals surface area contributed by atoms with Gasteiger partial charge in [0.25, 0.3) is 0 Å². The minimum atomic E-state index is -0.162. The van der Waals surface area contributed by atoms with E-state index in [1.165, 1.54) is 0 Å². The number of ketones is 1. The van der Waals surface area contributed by atoms with Crippen molar-refractivity contribution in [3.63, 3.8) is 0 Å². The van der Waals surface area contributed by atoms with Crippen LogP contribution in [0.3, 0.4) is 0 Å². The first-order valence-corrected chi connectivity index (χ1v) is 10.4. The average Bonchev–Trinajstić information content (AvgIpc) is 3.13. The summed E-state index contributed by atoms with van der Waals surface area (Å²) in [5.41, 5.74) is 4.28. The largest absolute Gasteiger partial charge is 0.507 e. The van der Waals surface area contributed by atoms with Crippen molar-refractivity contribution in [1.82, 2.24) is 4.90 Å². The highest BCUT2D eigenvalue weighted by atomic mass is 16.5. The minimum Gasteiger partial charge on any atom is -0.507 e. The van der Waals surface area contributed by atoms with Gasteiger partial charge >= 0.3 is 0 Å². The van der Waals surface area contributed by atoms with Gasteiger partial charge in [-0.15, -0.1) is 0 Å². The van der Waals surface area contributed by atoms with Crippen LogP contribution in [0.4, 0.5) is 0 Å². The van der Waals surface area contributed by atoms with Crippen molar-refractivity contribution in [3.8, 4) is 22.6 Å². The molecule has 1 N–H and O–H groups in total. The summed E-state index contributed by atoms with van der Waals surface area (Å²) in [6.07, 6.45) is 1.76. The number of phenolic OH excluding ortho intramolecular Hbond substituents is 1. The molecule has 5 nitrogen and oxygen atoms in total. The normalized spacial score (nSPS) is 17.5. The summed E-state index contributed by atoms with van der Waals surface area (Å²) in [4.78, 5) is 15.1. The summed E-state index contributed by atoms with van der Waals surface area (Å²) < 4.78 is 11.4. The third-order valence-electron chi connectivity index (χ3n) is 5.72. The molecule has 1 fully saturated rings. The Morgan fingerprint density at radius 2 is 1.61 bits per heavy atom. The third-order valence-corrected chi connectivity index (χ3v) is 5.72. The number of ether oxygens (including phenoxy) is 2. The molecule has 0 aromatic heterocycles. The lowest BCUT2D eigenvalue weighted by Gasteiger charge is -2.27. The molecule has 1 saturated heterocycles. The number of allylic oxidation sites excluding steroid dienone is 1. The van der Waals surface area contributed by atoms with Crippen LogP contribution in [0.25, 0.3) is 17.2 Å². The molecule has 0 radical (unpaired) electrons. The maximum absolute atomic E-state index is 12.9. The first kappa shape index (κ1) is 19.5. The Labute approximate surface area is 181 Å². The Hall–Kier alpha value is -3.41. The molecule has 0 saturated carbocycles. The SMILES string of the molecule is O=C1/C(=C/c2ccc(-c3ccccc3)cc2)Oc2c1ccc(O)c2CN1CCOCC1. The van der Waals surface area contributed by atoms with Gasteiger partial charge in [-0.25, -0.2) is 0 Å². The fraction of sp³-hybridized carbons (Fsp3) is 0.192. The second-order valence-electron chi connectivity index (χ2n) is 7.76. The van der Waals surface area contributed by atoms with Crippen molar-refractivity contribution in [1.29, 1.82) is 0 Å². The molecule has 0 atom stereocenters. The van der Waals surface area contributed by atoms with Crippen LogP contribution in [0, 0.1) is 0 Å². The van der Waals surface area contributed by atoms with Crippen LogP contribution < -0.4 is 4.74 Å². The Bertz CT molecular complexity index is 1130. The first-order valence-electron chi connectivity index (χ1n) is 10.4. The molecule has 0 unspecified atom stereocenters. The molecule has 156 valence electrons. The van der Waals surface area contributed by atoms with Crippen LogP contribution in [-0.4, -0.2) is 42.1 Å². The van der Waals surface area contributed by atoms with E-state index in [0.29, 0.717) is 36.6 Å². The number of aromatic hydroxyl groups is 1. The lowest BCUT2D eigenvalue weighted by molar-refractivity contribution is 0.0336. The Morgan fingerprint density at radius 1 is 0.903 bits per heavy atom. The number of fused-ring (bicyclic) bond motifs is 1. The molecule has 0 spiro atoms. The number of phenols is 1. The number of Topliss-reactive ketones (excluding diaryl/α,β-unsaturated/α-hetero) is 1. The Morgan fingerprint density at radius 3 is 2.35 bits per heavy atom. The van der Waals surface area contributed by atoms with Gasteiger partial charge in [-0.1, -0.05) is 54.6 Å². The Kier molecular flexibility index (Phi) is 5.28. The summed E-state index contributed by atoms with van der Waals surface area (Å²) in [5.74, 6) is 0.719. The summed E-state index contributed by atoms with van der Waals surface area (Å²) in [5, 5.41) is 10.4. The van der Waals surface area contributed by atoms with Gasteiger partial charge in [0.05, 0.1) is 24.3 Å². The molecule has 0 aliphatic carbocycles. The zero-order chi connectivity index (χ0) is 21.2. The van der Waals surface area contributed by atoms with Crippen LogP contribution >= 0.6 is 0 Å². The van der Waals surface area contributed by atoms with E-state index < -0.39 is 0 Å². The van der Waals surface area contributed by atoms with Gasteiger partial charge in [-0.05, 0) is 34.9 Å². The van der Waals surface area contributed by atoms with Crippen molar-refractivity contribution in [3.05, 3.63) is 89.2 Å². The summed E-state index contributed by atoms with van der Waals surface area (Å²) in [7, 11) is 0. The van der Waals surface area contributed by atoms with Crippen LogP contribution in [0.2, 0.25) is 0 Å². The maximum atomic E-state index is 12.9.